The molecule has 0 heterocycles. The molecular weight excluding hydrogens is 276 g/mol. The number of nitrogens with zero attached hydrogens (tertiary/aromatic N) is 1. The Bertz CT molecular complexity index is 612. The van der Waals surface area contributed by atoms with Crippen molar-refractivity contribution in [2.45, 2.75) is 19.9 Å². The van der Waals surface area contributed by atoms with Crippen molar-refractivity contribution in [2.24, 2.45) is 5.10 Å². The Morgan fingerprint density at radius 1 is 1.14 bits per heavy atom. The van der Waals surface area contributed by atoms with Crippen molar-refractivity contribution in [2.75, 3.05) is 13.7 Å². The summed E-state index contributed by atoms with van der Waals surface area (Å²) in [6.07, 6.45) is 2.78. The molecule has 0 radical (unpaired) electrons. The molecule has 0 saturated carbocycles. The molecule has 2 aromatic carbocycles. The van der Waals surface area contributed by atoms with Crippen LogP contribution < -0.4 is 14.9 Å². The van der Waals surface area contributed by atoms with Crippen molar-refractivity contribution in [3.05, 3.63) is 59.7 Å². The molecule has 2 rings (SSSR count). The third-order valence-electron chi connectivity index (χ3n) is 3.10. The van der Waals surface area contributed by atoms with Gasteiger partial charge in [-0.1, -0.05) is 37.3 Å². The number of hydrazone groups is 1. The van der Waals surface area contributed by atoms with E-state index in [2.05, 4.69) is 17.5 Å². The van der Waals surface area contributed by atoms with E-state index < -0.39 is 0 Å². The van der Waals surface area contributed by atoms with Crippen molar-refractivity contribution in [1.29, 1.82) is 0 Å². The molecule has 0 aliphatic carbocycles. The smallest absolute Gasteiger partial charge is 0.123 e. The van der Waals surface area contributed by atoms with Crippen LogP contribution in [-0.2, 0) is 6.54 Å². The van der Waals surface area contributed by atoms with Gasteiger partial charge in [0.25, 0.3) is 0 Å². The minimum Gasteiger partial charge on any atom is -0.496 e. The van der Waals surface area contributed by atoms with Gasteiger partial charge < -0.3 is 14.9 Å². The van der Waals surface area contributed by atoms with Crippen molar-refractivity contribution >= 4 is 6.21 Å². The van der Waals surface area contributed by atoms with Crippen LogP contribution in [0.2, 0.25) is 0 Å². The molecule has 0 amide bonds. The van der Waals surface area contributed by atoms with Crippen LogP contribution in [-0.4, -0.2) is 19.9 Å². The monoisotopic (exact) mass is 298 g/mol. The largest absolute Gasteiger partial charge is 0.496 e. The highest BCUT2D eigenvalue weighted by Gasteiger charge is 1.99. The fourth-order valence-corrected chi connectivity index (χ4v) is 2.00. The van der Waals surface area contributed by atoms with Gasteiger partial charge in [0.2, 0.25) is 0 Å². The minimum atomic E-state index is 0.618. The average molecular weight is 298 g/mol. The molecule has 0 aliphatic heterocycles. The summed E-state index contributed by atoms with van der Waals surface area (Å²) < 4.78 is 10.9. The summed E-state index contributed by atoms with van der Waals surface area (Å²) >= 11 is 0. The molecule has 1 N–H and O–H groups in total. The first-order valence-electron chi connectivity index (χ1n) is 7.44. The molecule has 0 aromatic heterocycles. The van der Waals surface area contributed by atoms with Crippen molar-refractivity contribution in [1.82, 2.24) is 5.43 Å². The molecule has 0 atom stereocenters. The minimum absolute atomic E-state index is 0.618. The highest BCUT2D eigenvalue weighted by molar-refractivity contribution is 5.79. The zero-order chi connectivity index (χ0) is 15.6. The molecule has 0 saturated heterocycles. The normalized spacial score (nSPS) is 10.6. The maximum Gasteiger partial charge on any atom is 0.123 e. The first-order chi connectivity index (χ1) is 10.8. The number of nitrogens with one attached hydrogen (secondary N) is 1. The first kappa shape index (κ1) is 15.9. The van der Waals surface area contributed by atoms with Crippen molar-refractivity contribution in [3.63, 3.8) is 0 Å². The zero-order valence-corrected chi connectivity index (χ0v) is 13.1. The second-order valence-electron chi connectivity index (χ2n) is 4.83. The van der Waals surface area contributed by atoms with Gasteiger partial charge in [-0.3, -0.25) is 0 Å². The summed E-state index contributed by atoms with van der Waals surface area (Å²) in [4.78, 5) is 0. The third kappa shape index (κ3) is 4.81. The van der Waals surface area contributed by atoms with Crippen LogP contribution in [0.25, 0.3) is 0 Å². The highest BCUT2D eigenvalue weighted by atomic mass is 16.5. The molecule has 0 bridgehead atoms. The van der Waals surface area contributed by atoms with E-state index in [4.69, 9.17) is 9.47 Å². The zero-order valence-electron chi connectivity index (χ0n) is 13.1. The fourth-order valence-electron chi connectivity index (χ4n) is 2.00. The SMILES string of the molecule is CCCOc1cccc(/C=N/NCc2ccccc2OC)c1. The van der Waals surface area contributed by atoms with Crippen LogP contribution in [0.5, 0.6) is 11.5 Å². The molecular formula is C18H22N2O2. The molecule has 0 spiro atoms. The lowest BCUT2D eigenvalue weighted by atomic mass is 10.2. The highest BCUT2D eigenvalue weighted by Crippen LogP contribution is 2.16. The summed E-state index contributed by atoms with van der Waals surface area (Å²) in [6, 6.07) is 15.8. The number of hydrogen-bond donors (Lipinski definition) is 1. The third-order valence-corrected chi connectivity index (χ3v) is 3.10. The number of para-hydroxylation sites is 1. The summed E-state index contributed by atoms with van der Waals surface area (Å²) in [5.41, 5.74) is 5.11. The average Bonchev–Trinajstić information content (AvgIpc) is 2.57. The molecule has 4 nitrogen and oxygen atoms in total. The molecule has 2 aromatic rings. The van der Waals surface area contributed by atoms with Gasteiger partial charge in [0.15, 0.2) is 0 Å². The fraction of sp³-hybridized carbons (Fsp3) is 0.278. The molecule has 116 valence electrons. The van der Waals surface area contributed by atoms with E-state index in [1.165, 1.54) is 0 Å². The van der Waals surface area contributed by atoms with Crippen LogP contribution in [0.1, 0.15) is 24.5 Å². The Labute approximate surface area is 131 Å². The van der Waals surface area contributed by atoms with Gasteiger partial charge in [-0.2, -0.15) is 5.10 Å². The van der Waals surface area contributed by atoms with Gasteiger partial charge in [-0.05, 0) is 30.2 Å². The van der Waals surface area contributed by atoms with E-state index in [9.17, 15) is 0 Å². The second-order valence-corrected chi connectivity index (χ2v) is 4.83. The van der Waals surface area contributed by atoms with Crippen molar-refractivity contribution < 1.29 is 9.47 Å². The van der Waals surface area contributed by atoms with Gasteiger partial charge in [0.1, 0.15) is 11.5 Å². The predicted octanol–water partition coefficient (Wildman–Crippen LogP) is 3.61. The van der Waals surface area contributed by atoms with Crippen molar-refractivity contribution in [3.8, 4) is 11.5 Å². The number of hydrogen-bond acceptors (Lipinski definition) is 4. The van der Waals surface area contributed by atoms with Crippen LogP contribution in [0.4, 0.5) is 0 Å². The lowest BCUT2D eigenvalue weighted by Crippen LogP contribution is -2.06. The van der Waals surface area contributed by atoms with Gasteiger partial charge >= 0.3 is 0 Å². The van der Waals surface area contributed by atoms with Crippen LogP contribution in [0.3, 0.4) is 0 Å². The van der Waals surface area contributed by atoms with Gasteiger partial charge in [0.05, 0.1) is 26.5 Å². The van der Waals surface area contributed by atoms with E-state index in [-0.39, 0.29) is 0 Å². The topological polar surface area (TPSA) is 42.8 Å². The van der Waals surface area contributed by atoms with Gasteiger partial charge in [0, 0.05) is 5.56 Å². The van der Waals surface area contributed by atoms with Gasteiger partial charge in [-0.15, -0.1) is 0 Å². The maximum atomic E-state index is 5.60. The Morgan fingerprint density at radius 2 is 2.00 bits per heavy atom. The van der Waals surface area contributed by atoms with E-state index in [0.29, 0.717) is 6.54 Å². The molecule has 4 heteroatoms. The standard InChI is InChI=1S/C18H22N2O2/c1-3-11-22-17-9-6-7-15(12-17)13-19-20-14-16-8-4-5-10-18(16)21-2/h4-10,12-13,20H,3,11,14H2,1-2H3/b19-13+. The summed E-state index contributed by atoms with van der Waals surface area (Å²) in [5, 5.41) is 4.25. The van der Waals surface area contributed by atoms with E-state index in [1.807, 2.05) is 48.5 Å². The molecule has 22 heavy (non-hydrogen) atoms. The number of ether oxygens (including phenoxy) is 2. The quantitative estimate of drug-likeness (QED) is 0.598. The Hall–Kier alpha value is -2.49. The Morgan fingerprint density at radius 3 is 2.82 bits per heavy atom. The predicted molar refractivity (Wildman–Crippen MR) is 89.7 cm³/mol. The molecule has 0 unspecified atom stereocenters. The summed E-state index contributed by atoms with van der Waals surface area (Å²) in [7, 11) is 1.67. The summed E-state index contributed by atoms with van der Waals surface area (Å²) in [5.74, 6) is 1.73. The first-order valence-corrected chi connectivity index (χ1v) is 7.44. The maximum absolute atomic E-state index is 5.60. The van der Waals surface area contributed by atoms with Gasteiger partial charge in [-0.25, -0.2) is 0 Å². The Balaban J connectivity index is 1.89. The van der Waals surface area contributed by atoms with E-state index in [1.54, 1.807) is 13.3 Å². The Kier molecular flexibility index (Phi) is 6.30. The molecule has 0 aliphatic rings. The lowest BCUT2D eigenvalue weighted by molar-refractivity contribution is 0.317. The summed E-state index contributed by atoms with van der Waals surface area (Å²) in [6.45, 7) is 3.44. The lowest BCUT2D eigenvalue weighted by Gasteiger charge is -2.07. The number of rotatable bonds is 8. The number of methoxy groups -OCH3 is 1. The van der Waals surface area contributed by atoms with Crippen LogP contribution in [0, 0.1) is 0 Å². The van der Waals surface area contributed by atoms with Crippen LogP contribution >= 0.6 is 0 Å². The van der Waals surface area contributed by atoms with Crippen LogP contribution in [0.15, 0.2) is 53.6 Å². The van der Waals surface area contributed by atoms with E-state index in [0.717, 1.165) is 35.7 Å². The second kappa shape index (κ2) is 8.72. The number of benzene rings is 2. The molecule has 0 fully saturated rings. The van der Waals surface area contributed by atoms with E-state index >= 15 is 0 Å².